The first-order chi connectivity index (χ1) is 12.7. The molecule has 26 heavy (non-hydrogen) atoms. The third-order valence-corrected chi connectivity index (χ3v) is 4.45. The summed E-state index contributed by atoms with van der Waals surface area (Å²) in [5, 5.41) is 12.6. The van der Waals surface area contributed by atoms with E-state index in [1.54, 1.807) is 13.3 Å². The number of benzene rings is 1. The number of carbonyl (C=O) groups excluding carboxylic acids is 1. The van der Waals surface area contributed by atoms with E-state index < -0.39 is 6.10 Å². The normalized spacial score (nSPS) is 11.8. The van der Waals surface area contributed by atoms with Crippen LogP contribution in [0.1, 0.15) is 11.3 Å². The number of rotatable bonds is 11. The van der Waals surface area contributed by atoms with Crippen LogP contribution in [0.5, 0.6) is 5.75 Å². The summed E-state index contributed by atoms with van der Waals surface area (Å²) >= 11 is 1.49. The van der Waals surface area contributed by atoms with Crippen LogP contribution in [0.25, 0.3) is 0 Å². The molecule has 2 N–H and O–H groups in total. The van der Waals surface area contributed by atoms with Crippen molar-refractivity contribution in [1.82, 2.24) is 10.3 Å². The van der Waals surface area contributed by atoms with Gasteiger partial charge in [-0.3, -0.25) is 9.78 Å². The van der Waals surface area contributed by atoms with Gasteiger partial charge in [0.05, 0.1) is 37.9 Å². The molecule has 0 saturated carbocycles. The maximum Gasteiger partial charge on any atom is 0.230 e. The Morgan fingerprint density at radius 1 is 1.27 bits per heavy atom. The third kappa shape index (κ3) is 7.86. The molecule has 0 spiro atoms. The fraction of sp³-hybridized carbons (Fsp3) is 0.368. The maximum atomic E-state index is 11.8. The van der Waals surface area contributed by atoms with E-state index in [9.17, 15) is 9.90 Å². The largest absolute Gasteiger partial charge is 0.497 e. The van der Waals surface area contributed by atoms with Gasteiger partial charge >= 0.3 is 0 Å². The van der Waals surface area contributed by atoms with Crippen molar-refractivity contribution in [3.63, 3.8) is 0 Å². The van der Waals surface area contributed by atoms with Crippen LogP contribution in [0.3, 0.4) is 0 Å². The highest BCUT2D eigenvalue weighted by Crippen LogP contribution is 2.12. The molecule has 7 heteroatoms. The molecule has 1 aromatic carbocycles. The number of thioether (sulfide) groups is 1. The fourth-order valence-corrected chi connectivity index (χ4v) is 2.88. The Labute approximate surface area is 157 Å². The molecule has 0 aliphatic carbocycles. The van der Waals surface area contributed by atoms with Crippen molar-refractivity contribution < 1.29 is 19.4 Å². The van der Waals surface area contributed by atoms with Crippen molar-refractivity contribution in [3.8, 4) is 5.75 Å². The zero-order valence-electron chi connectivity index (χ0n) is 14.8. The van der Waals surface area contributed by atoms with Gasteiger partial charge in [0.25, 0.3) is 0 Å². The molecular formula is C19H24N2O4S. The molecule has 2 rings (SSSR count). The summed E-state index contributed by atoms with van der Waals surface area (Å²) in [4.78, 5) is 16.0. The van der Waals surface area contributed by atoms with Crippen LogP contribution in [-0.2, 0) is 21.9 Å². The van der Waals surface area contributed by atoms with Gasteiger partial charge in [-0.25, -0.2) is 0 Å². The summed E-state index contributed by atoms with van der Waals surface area (Å²) in [5.41, 5.74) is 1.94. The number of aliphatic hydroxyl groups excluding tert-OH is 1. The average molecular weight is 376 g/mol. The highest BCUT2D eigenvalue weighted by atomic mass is 32.2. The van der Waals surface area contributed by atoms with E-state index in [4.69, 9.17) is 9.47 Å². The van der Waals surface area contributed by atoms with Gasteiger partial charge < -0.3 is 19.9 Å². The number of aromatic nitrogens is 1. The quantitative estimate of drug-likeness (QED) is 0.625. The predicted molar refractivity (Wildman–Crippen MR) is 102 cm³/mol. The average Bonchev–Trinajstić information content (AvgIpc) is 2.68. The maximum absolute atomic E-state index is 11.8. The van der Waals surface area contributed by atoms with E-state index in [0.29, 0.717) is 18.1 Å². The second-order valence-electron chi connectivity index (χ2n) is 5.63. The molecule has 0 bridgehead atoms. The molecule has 2 aromatic rings. The molecule has 0 fully saturated rings. The van der Waals surface area contributed by atoms with Gasteiger partial charge in [-0.2, -0.15) is 0 Å². The summed E-state index contributed by atoms with van der Waals surface area (Å²) in [6, 6.07) is 13.2. The van der Waals surface area contributed by atoms with E-state index in [2.05, 4.69) is 10.3 Å². The Morgan fingerprint density at radius 3 is 2.77 bits per heavy atom. The van der Waals surface area contributed by atoms with Crippen molar-refractivity contribution in [2.45, 2.75) is 18.5 Å². The van der Waals surface area contributed by atoms with Crippen LogP contribution in [0.4, 0.5) is 0 Å². The van der Waals surface area contributed by atoms with Crippen LogP contribution in [0.15, 0.2) is 48.7 Å². The smallest absolute Gasteiger partial charge is 0.230 e. The summed E-state index contributed by atoms with van der Waals surface area (Å²) in [5.74, 6) is 1.69. The van der Waals surface area contributed by atoms with Gasteiger partial charge in [-0.1, -0.05) is 18.2 Å². The summed E-state index contributed by atoms with van der Waals surface area (Å²) in [7, 11) is 1.62. The number of pyridine rings is 1. The Hall–Kier alpha value is -2.09. The number of hydrogen-bond acceptors (Lipinski definition) is 6. The number of nitrogens with zero attached hydrogens (tertiary/aromatic N) is 1. The molecule has 0 saturated heterocycles. The highest BCUT2D eigenvalue weighted by molar-refractivity contribution is 7.99. The van der Waals surface area contributed by atoms with E-state index in [0.717, 1.165) is 17.0 Å². The van der Waals surface area contributed by atoms with Crippen LogP contribution < -0.4 is 10.1 Å². The number of amides is 1. The van der Waals surface area contributed by atoms with Crippen molar-refractivity contribution >= 4 is 17.7 Å². The lowest BCUT2D eigenvalue weighted by Crippen LogP contribution is -2.35. The Bertz CT molecular complexity index is 652. The first kappa shape index (κ1) is 20.2. The second-order valence-corrected chi connectivity index (χ2v) is 6.62. The van der Waals surface area contributed by atoms with Crippen molar-refractivity contribution in [2.24, 2.45) is 0 Å². The Balaban J connectivity index is 1.54. The van der Waals surface area contributed by atoms with E-state index in [-0.39, 0.29) is 19.1 Å². The lowest BCUT2D eigenvalue weighted by Gasteiger charge is -2.12. The number of ether oxygens (including phenoxy) is 2. The molecule has 1 heterocycles. The highest BCUT2D eigenvalue weighted by Gasteiger charge is 2.08. The lowest BCUT2D eigenvalue weighted by molar-refractivity contribution is -0.119. The van der Waals surface area contributed by atoms with Gasteiger partial charge in [-0.05, 0) is 29.8 Å². The van der Waals surface area contributed by atoms with Crippen LogP contribution in [-0.4, -0.2) is 48.1 Å². The fourth-order valence-electron chi connectivity index (χ4n) is 2.11. The molecular weight excluding hydrogens is 352 g/mol. The monoisotopic (exact) mass is 376 g/mol. The van der Waals surface area contributed by atoms with E-state index in [1.807, 2.05) is 42.5 Å². The van der Waals surface area contributed by atoms with Gasteiger partial charge in [-0.15, -0.1) is 11.8 Å². The minimum absolute atomic E-state index is 0.111. The first-order valence-corrected chi connectivity index (χ1v) is 9.46. The third-order valence-electron chi connectivity index (χ3n) is 3.48. The van der Waals surface area contributed by atoms with Crippen molar-refractivity contribution in [3.05, 3.63) is 59.9 Å². The Morgan fingerprint density at radius 2 is 2.08 bits per heavy atom. The molecule has 1 aromatic heterocycles. The predicted octanol–water partition coefficient (Wildman–Crippen LogP) is 2.02. The minimum Gasteiger partial charge on any atom is -0.497 e. The number of methoxy groups -OCH3 is 1. The number of hydrogen-bond donors (Lipinski definition) is 2. The van der Waals surface area contributed by atoms with Gasteiger partial charge in [0, 0.05) is 18.5 Å². The van der Waals surface area contributed by atoms with Crippen molar-refractivity contribution in [1.29, 1.82) is 0 Å². The van der Waals surface area contributed by atoms with Crippen LogP contribution >= 0.6 is 11.8 Å². The SMILES string of the molecule is COc1ccc(COCC(O)CNC(=O)CSCc2ccccn2)cc1. The molecule has 0 aliphatic heterocycles. The number of aliphatic hydroxyl groups is 1. The van der Waals surface area contributed by atoms with Gasteiger partial charge in [0.1, 0.15) is 5.75 Å². The van der Waals surface area contributed by atoms with Gasteiger partial charge in [0.15, 0.2) is 0 Å². The zero-order valence-corrected chi connectivity index (χ0v) is 15.6. The van der Waals surface area contributed by atoms with Gasteiger partial charge in [0.2, 0.25) is 5.91 Å². The van der Waals surface area contributed by atoms with E-state index in [1.165, 1.54) is 11.8 Å². The molecule has 6 nitrogen and oxygen atoms in total. The summed E-state index contributed by atoms with van der Waals surface area (Å²) in [6.45, 7) is 0.730. The summed E-state index contributed by atoms with van der Waals surface area (Å²) in [6.07, 6.45) is 0.996. The molecule has 0 aliphatic rings. The van der Waals surface area contributed by atoms with Crippen LogP contribution in [0, 0.1) is 0 Å². The first-order valence-electron chi connectivity index (χ1n) is 8.30. The standard InChI is InChI=1S/C19H24N2O4S/c1-24-18-7-5-15(6-8-18)11-25-12-17(22)10-21-19(23)14-26-13-16-4-2-3-9-20-16/h2-9,17,22H,10-14H2,1H3,(H,21,23). The topological polar surface area (TPSA) is 80.7 Å². The molecule has 140 valence electrons. The number of nitrogens with one attached hydrogen (secondary N) is 1. The zero-order chi connectivity index (χ0) is 18.6. The Kier molecular flexibility index (Phi) is 8.95. The summed E-state index contributed by atoms with van der Waals surface area (Å²) < 4.78 is 10.6. The second kappa shape index (κ2) is 11.5. The molecule has 1 amide bonds. The molecule has 1 unspecified atom stereocenters. The molecule has 1 atom stereocenters. The van der Waals surface area contributed by atoms with E-state index >= 15 is 0 Å². The van der Waals surface area contributed by atoms with Crippen molar-refractivity contribution in [2.75, 3.05) is 26.0 Å². The minimum atomic E-state index is -0.738. The van der Waals surface area contributed by atoms with Crippen LogP contribution in [0.2, 0.25) is 0 Å². The lowest BCUT2D eigenvalue weighted by atomic mass is 10.2. The molecule has 0 radical (unpaired) electrons. The number of carbonyl (C=O) groups is 1.